The molecule has 2 nitrogen and oxygen atoms in total. The van der Waals surface area contributed by atoms with Crippen molar-refractivity contribution in [2.45, 2.75) is 39.7 Å². The van der Waals surface area contributed by atoms with Gasteiger partial charge in [-0.3, -0.25) is 0 Å². The van der Waals surface area contributed by atoms with E-state index in [0.29, 0.717) is 28.5 Å². The predicted molar refractivity (Wildman–Crippen MR) is 82.4 cm³/mol. The van der Waals surface area contributed by atoms with Crippen LogP contribution in [0.2, 0.25) is 0 Å². The first kappa shape index (κ1) is 15.5. The van der Waals surface area contributed by atoms with Gasteiger partial charge in [-0.1, -0.05) is 26.0 Å². The van der Waals surface area contributed by atoms with E-state index in [9.17, 15) is 9.50 Å². The summed E-state index contributed by atoms with van der Waals surface area (Å²) in [5.41, 5.74) is 2.17. The van der Waals surface area contributed by atoms with Crippen LogP contribution in [0.3, 0.4) is 0 Å². The molecule has 0 spiro atoms. The highest BCUT2D eigenvalue weighted by molar-refractivity contribution is 5.42. The molecule has 21 heavy (non-hydrogen) atoms. The Morgan fingerprint density at radius 2 is 1.67 bits per heavy atom. The number of ether oxygens (including phenoxy) is 1. The van der Waals surface area contributed by atoms with Crippen LogP contribution in [0.25, 0.3) is 0 Å². The Balaban J connectivity index is 2.32. The molecule has 0 heterocycles. The van der Waals surface area contributed by atoms with Crippen LogP contribution < -0.4 is 4.74 Å². The van der Waals surface area contributed by atoms with E-state index in [1.165, 1.54) is 11.6 Å². The van der Waals surface area contributed by atoms with Crippen LogP contribution in [-0.4, -0.2) is 5.11 Å². The van der Waals surface area contributed by atoms with Crippen LogP contribution in [0.1, 0.15) is 49.5 Å². The number of hydrogen-bond donors (Lipinski definition) is 1. The maximum absolute atomic E-state index is 13.6. The number of aryl methyl sites for hydroxylation is 1. The minimum absolute atomic E-state index is 0.339. The smallest absolute Gasteiger partial charge is 0.133 e. The summed E-state index contributed by atoms with van der Waals surface area (Å²) in [5, 5.41) is 9.77. The van der Waals surface area contributed by atoms with Crippen molar-refractivity contribution in [1.29, 1.82) is 0 Å². The largest absolute Gasteiger partial charge is 0.457 e. The Morgan fingerprint density at radius 3 is 2.19 bits per heavy atom. The lowest BCUT2D eigenvalue weighted by Gasteiger charge is -2.15. The SMILES string of the molecule is Cc1cc(Oc2ccc(C(C)C)cc2)c([C@@H](C)O)cc1F. The van der Waals surface area contributed by atoms with Gasteiger partial charge in [0.25, 0.3) is 0 Å². The van der Waals surface area contributed by atoms with Crippen LogP contribution in [-0.2, 0) is 0 Å². The highest BCUT2D eigenvalue weighted by atomic mass is 19.1. The molecule has 0 amide bonds. The highest BCUT2D eigenvalue weighted by Gasteiger charge is 2.14. The number of rotatable bonds is 4. The summed E-state index contributed by atoms with van der Waals surface area (Å²) >= 11 is 0. The number of benzene rings is 2. The van der Waals surface area contributed by atoms with E-state index in [2.05, 4.69) is 13.8 Å². The Hall–Kier alpha value is -1.87. The fraction of sp³-hybridized carbons (Fsp3) is 0.333. The molecule has 0 aromatic heterocycles. The molecular formula is C18H21FO2. The maximum atomic E-state index is 13.6. The van der Waals surface area contributed by atoms with Gasteiger partial charge in [0.05, 0.1) is 6.10 Å². The molecule has 0 aliphatic carbocycles. The van der Waals surface area contributed by atoms with E-state index >= 15 is 0 Å². The summed E-state index contributed by atoms with van der Waals surface area (Å²) in [4.78, 5) is 0. The normalized spacial score (nSPS) is 12.5. The van der Waals surface area contributed by atoms with E-state index in [4.69, 9.17) is 4.74 Å². The van der Waals surface area contributed by atoms with Crippen molar-refractivity contribution < 1.29 is 14.2 Å². The lowest BCUT2D eigenvalue weighted by molar-refractivity contribution is 0.195. The van der Waals surface area contributed by atoms with E-state index in [1.807, 2.05) is 24.3 Å². The number of aliphatic hydroxyl groups is 1. The van der Waals surface area contributed by atoms with Gasteiger partial charge in [0.2, 0.25) is 0 Å². The Labute approximate surface area is 125 Å². The molecular weight excluding hydrogens is 267 g/mol. The summed E-state index contributed by atoms with van der Waals surface area (Å²) in [6.07, 6.45) is -0.787. The predicted octanol–water partition coefficient (Wildman–Crippen LogP) is 5.10. The van der Waals surface area contributed by atoms with Gasteiger partial charge in [-0.25, -0.2) is 4.39 Å². The first-order valence-corrected chi connectivity index (χ1v) is 7.14. The zero-order valence-electron chi connectivity index (χ0n) is 12.9. The Morgan fingerprint density at radius 1 is 1.05 bits per heavy atom. The molecule has 1 atom stereocenters. The minimum atomic E-state index is -0.787. The number of hydrogen-bond acceptors (Lipinski definition) is 2. The van der Waals surface area contributed by atoms with Crippen LogP contribution in [0.5, 0.6) is 11.5 Å². The topological polar surface area (TPSA) is 29.5 Å². The third-order valence-electron chi connectivity index (χ3n) is 3.52. The highest BCUT2D eigenvalue weighted by Crippen LogP contribution is 2.32. The molecule has 0 unspecified atom stereocenters. The van der Waals surface area contributed by atoms with Crippen molar-refractivity contribution in [2.24, 2.45) is 0 Å². The van der Waals surface area contributed by atoms with Crippen LogP contribution in [0.4, 0.5) is 4.39 Å². The number of halogens is 1. The Bertz CT molecular complexity index is 616. The van der Waals surface area contributed by atoms with Crippen LogP contribution in [0.15, 0.2) is 36.4 Å². The van der Waals surface area contributed by atoms with Gasteiger partial charge in [0.1, 0.15) is 17.3 Å². The Kier molecular flexibility index (Phi) is 4.63. The van der Waals surface area contributed by atoms with Crippen molar-refractivity contribution in [2.75, 3.05) is 0 Å². The van der Waals surface area contributed by atoms with Gasteiger partial charge < -0.3 is 9.84 Å². The maximum Gasteiger partial charge on any atom is 0.133 e. The van der Waals surface area contributed by atoms with E-state index < -0.39 is 6.10 Å². The third kappa shape index (κ3) is 3.61. The molecule has 0 saturated carbocycles. The summed E-state index contributed by atoms with van der Waals surface area (Å²) in [6.45, 7) is 7.53. The average molecular weight is 288 g/mol. The molecule has 3 heteroatoms. The molecule has 0 aliphatic heterocycles. The summed E-state index contributed by atoms with van der Waals surface area (Å²) in [7, 11) is 0. The molecule has 2 aromatic carbocycles. The zero-order valence-corrected chi connectivity index (χ0v) is 12.9. The number of aliphatic hydroxyl groups excluding tert-OH is 1. The second-order valence-corrected chi connectivity index (χ2v) is 5.64. The van der Waals surface area contributed by atoms with Gasteiger partial charge in [-0.05, 0) is 55.2 Å². The fourth-order valence-electron chi connectivity index (χ4n) is 2.13. The van der Waals surface area contributed by atoms with Gasteiger partial charge in [-0.15, -0.1) is 0 Å². The molecule has 0 fully saturated rings. The van der Waals surface area contributed by atoms with Gasteiger partial charge in [0.15, 0.2) is 0 Å². The average Bonchev–Trinajstić information content (AvgIpc) is 2.43. The standard InChI is InChI=1S/C18H21FO2/c1-11(2)14-5-7-15(8-6-14)21-18-9-12(3)17(19)10-16(18)13(4)20/h5-11,13,20H,1-4H3/t13-/m1/s1. The van der Waals surface area contributed by atoms with Gasteiger partial charge in [0, 0.05) is 5.56 Å². The van der Waals surface area contributed by atoms with Gasteiger partial charge >= 0.3 is 0 Å². The van der Waals surface area contributed by atoms with Crippen molar-refractivity contribution in [1.82, 2.24) is 0 Å². The van der Waals surface area contributed by atoms with Crippen molar-refractivity contribution in [3.8, 4) is 11.5 Å². The quantitative estimate of drug-likeness (QED) is 0.847. The van der Waals surface area contributed by atoms with Crippen molar-refractivity contribution >= 4 is 0 Å². The molecule has 112 valence electrons. The summed E-state index contributed by atoms with van der Waals surface area (Å²) in [5.74, 6) is 1.28. The second kappa shape index (κ2) is 6.27. The molecule has 0 radical (unpaired) electrons. The summed E-state index contributed by atoms with van der Waals surface area (Å²) in [6, 6.07) is 10.8. The lowest BCUT2D eigenvalue weighted by Crippen LogP contribution is -1.99. The van der Waals surface area contributed by atoms with E-state index in [1.54, 1.807) is 19.9 Å². The van der Waals surface area contributed by atoms with E-state index in [-0.39, 0.29) is 5.82 Å². The van der Waals surface area contributed by atoms with Crippen molar-refractivity contribution in [3.63, 3.8) is 0 Å². The fourth-order valence-corrected chi connectivity index (χ4v) is 2.13. The molecule has 2 rings (SSSR count). The van der Waals surface area contributed by atoms with Crippen LogP contribution >= 0.6 is 0 Å². The molecule has 2 aromatic rings. The summed E-state index contributed by atoms with van der Waals surface area (Å²) < 4.78 is 19.4. The first-order chi connectivity index (χ1) is 9.88. The first-order valence-electron chi connectivity index (χ1n) is 7.14. The molecule has 0 saturated heterocycles. The van der Waals surface area contributed by atoms with Crippen LogP contribution in [0, 0.1) is 12.7 Å². The lowest BCUT2D eigenvalue weighted by atomic mass is 10.0. The molecule has 0 bridgehead atoms. The zero-order chi connectivity index (χ0) is 15.6. The monoisotopic (exact) mass is 288 g/mol. The molecule has 0 aliphatic rings. The molecule has 1 N–H and O–H groups in total. The third-order valence-corrected chi connectivity index (χ3v) is 3.52. The van der Waals surface area contributed by atoms with Crippen molar-refractivity contribution in [3.05, 3.63) is 58.9 Å². The van der Waals surface area contributed by atoms with E-state index in [0.717, 1.165) is 0 Å². The second-order valence-electron chi connectivity index (χ2n) is 5.64. The van der Waals surface area contributed by atoms with Gasteiger partial charge in [-0.2, -0.15) is 0 Å². The minimum Gasteiger partial charge on any atom is -0.457 e.